The molecule has 4 nitrogen and oxygen atoms in total. The van der Waals surface area contributed by atoms with Crippen LogP contribution >= 0.6 is 27.5 Å². The van der Waals surface area contributed by atoms with Gasteiger partial charge in [0.2, 0.25) is 0 Å². The number of pyridine rings is 1. The lowest BCUT2D eigenvalue weighted by Gasteiger charge is -2.37. The summed E-state index contributed by atoms with van der Waals surface area (Å²) < 4.78 is 3.02. The zero-order chi connectivity index (χ0) is 15.3. The predicted molar refractivity (Wildman–Crippen MR) is 91.6 cm³/mol. The topological polar surface area (TPSA) is 42.7 Å². The zero-order valence-corrected chi connectivity index (χ0v) is 14.8. The van der Waals surface area contributed by atoms with Gasteiger partial charge in [-0.05, 0) is 54.1 Å². The van der Waals surface area contributed by atoms with Crippen LogP contribution in [0.15, 0.2) is 23.1 Å². The van der Waals surface area contributed by atoms with Crippen molar-refractivity contribution in [3.05, 3.63) is 39.2 Å². The van der Waals surface area contributed by atoms with Crippen molar-refractivity contribution in [2.75, 3.05) is 11.9 Å². The molecule has 0 aromatic carbocycles. The Kier molecular flexibility index (Phi) is 3.46. The molecule has 116 valence electrons. The second-order valence-electron chi connectivity index (χ2n) is 6.51. The average Bonchev–Trinajstić information content (AvgIpc) is 3.09. The largest absolute Gasteiger partial charge is 0.369 e. The molecular formula is C16H18BrClN4. The summed E-state index contributed by atoms with van der Waals surface area (Å²) >= 11 is 10.1. The van der Waals surface area contributed by atoms with E-state index in [9.17, 15) is 0 Å². The first-order valence-electron chi connectivity index (χ1n) is 7.68. The van der Waals surface area contributed by atoms with Crippen LogP contribution in [0.3, 0.4) is 0 Å². The second kappa shape index (κ2) is 5.24. The van der Waals surface area contributed by atoms with Crippen molar-refractivity contribution in [3.63, 3.8) is 0 Å². The van der Waals surface area contributed by atoms with E-state index in [0.29, 0.717) is 6.04 Å². The summed E-state index contributed by atoms with van der Waals surface area (Å²) in [6, 6.07) is 0.502. The molecule has 1 N–H and O–H groups in total. The number of hydrogen-bond acceptors (Lipinski definition) is 3. The standard InChI is InChI=1S/C16H18BrClN4/c1-10-6-21-22(8-10)11-2-4-16(5-3-11)9-20-15-13(16)14(18)12(17)7-19-15/h6-8,11H,2-5,9H2,1H3,(H,19,20)/t11-,16+. The highest BCUT2D eigenvalue weighted by Gasteiger charge is 2.44. The fraction of sp³-hybridized carbons (Fsp3) is 0.500. The highest BCUT2D eigenvalue weighted by atomic mass is 79.9. The van der Waals surface area contributed by atoms with E-state index in [0.717, 1.165) is 47.5 Å². The molecule has 1 aliphatic carbocycles. The summed E-state index contributed by atoms with van der Waals surface area (Å²) in [5, 5.41) is 8.76. The summed E-state index contributed by atoms with van der Waals surface area (Å²) in [6.45, 7) is 3.03. The average molecular weight is 382 g/mol. The minimum absolute atomic E-state index is 0.127. The maximum atomic E-state index is 6.57. The van der Waals surface area contributed by atoms with E-state index in [1.807, 2.05) is 6.20 Å². The van der Waals surface area contributed by atoms with Crippen LogP contribution in [0.25, 0.3) is 0 Å². The third kappa shape index (κ3) is 2.17. The number of hydrogen-bond donors (Lipinski definition) is 1. The van der Waals surface area contributed by atoms with Crippen molar-refractivity contribution in [3.8, 4) is 0 Å². The fourth-order valence-corrected chi connectivity index (χ4v) is 4.54. The van der Waals surface area contributed by atoms with Crippen LogP contribution in [0.1, 0.15) is 42.9 Å². The lowest BCUT2D eigenvalue weighted by molar-refractivity contribution is 0.237. The van der Waals surface area contributed by atoms with E-state index in [-0.39, 0.29) is 5.41 Å². The van der Waals surface area contributed by atoms with Crippen LogP contribution in [0.4, 0.5) is 5.82 Å². The maximum Gasteiger partial charge on any atom is 0.131 e. The molecular weight excluding hydrogens is 364 g/mol. The normalized spacial score (nSPS) is 27.0. The molecule has 1 saturated carbocycles. The first-order chi connectivity index (χ1) is 10.6. The predicted octanol–water partition coefficient (Wildman–Crippen LogP) is 4.48. The molecule has 3 heterocycles. The first kappa shape index (κ1) is 14.5. The van der Waals surface area contributed by atoms with E-state index in [1.54, 1.807) is 6.20 Å². The van der Waals surface area contributed by atoms with Crippen molar-refractivity contribution in [2.45, 2.75) is 44.1 Å². The molecule has 4 rings (SSSR count). The first-order valence-corrected chi connectivity index (χ1v) is 8.85. The number of rotatable bonds is 1. The summed E-state index contributed by atoms with van der Waals surface area (Å²) in [6.07, 6.45) is 10.4. The van der Waals surface area contributed by atoms with Gasteiger partial charge in [0.1, 0.15) is 5.82 Å². The second-order valence-corrected chi connectivity index (χ2v) is 7.74. The van der Waals surface area contributed by atoms with Gasteiger partial charge >= 0.3 is 0 Å². The van der Waals surface area contributed by atoms with E-state index < -0.39 is 0 Å². The van der Waals surface area contributed by atoms with Crippen molar-refractivity contribution >= 4 is 33.3 Å². The Morgan fingerprint density at radius 1 is 1.36 bits per heavy atom. The minimum atomic E-state index is 0.127. The number of halogens is 2. The van der Waals surface area contributed by atoms with Gasteiger partial charge in [0.15, 0.2) is 0 Å². The Hall–Kier alpha value is -1.07. The molecule has 6 heteroatoms. The van der Waals surface area contributed by atoms with Gasteiger partial charge in [0.25, 0.3) is 0 Å². The van der Waals surface area contributed by atoms with Crippen LogP contribution < -0.4 is 5.32 Å². The van der Waals surface area contributed by atoms with Crippen molar-refractivity contribution in [2.24, 2.45) is 0 Å². The molecule has 0 saturated heterocycles. The summed E-state index contributed by atoms with van der Waals surface area (Å²) in [4.78, 5) is 4.49. The van der Waals surface area contributed by atoms with E-state index >= 15 is 0 Å². The fourth-order valence-electron chi connectivity index (χ4n) is 3.90. The van der Waals surface area contributed by atoms with Crippen LogP contribution in [0.2, 0.25) is 5.02 Å². The van der Waals surface area contributed by atoms with Gasteiger partial charge in [-0.15, -0.1) is 0 Å². The molecule has 0 bridgehead atoms. The van der Waals surface area contributed by atoms with Crippen LogP contribution in [-0.4, -0.2) is 21.3 Å². The monoisotopic (exact) mass is 380 g/mol. The van der Waals surface area contributed by atoms with Crippen molar-refractivity contribution < 1.29 is 0 Å². The number of nitrogens with zero attached hydrogens (tertiary/aromatic N) is 3. The van der Waals surface area contributed by atoms with Gasteiger partial charge in [0, 0.05) is 29.9 Å². The molecule has 0 atom stereocenters. The van der Waals surface area contributed by atoms with Crippen molar-refractivity contribution in [1.29, 1.82) is 0 Å². The Morgan fingerprint density at radius 2 is 2.14 bits per heavy atom. The highest BCUT2D eigenvalue weighted by Crippen LogP contribution is 2.51. The molecule has 2 aromatic rings. The molecule has 0 unspecified atom stereocenters. The molecule has 2 aromatic heterocycles. The lowest BCUT2D eigenvalue weighted by Crippen LogP contribution is -2.34. The summed E-state index contributed by atoms with van der Waals surface area (Å²) in [7, 11) is 0. The molecule has 22 heavy (non-hydrogen) atoms. The SMILES string of the molecule is Cc1cnn([C@H]2CC[C@@]3(CC2)CNc2ncc(Br)c(Cl)c23)c1. The van der Waals surface area contributed by atoms with Gasteiger partial charge in [0.05, 0.1) is 21.7 Å². The van der Waals surface area contributed by atoms with Crippen molar-refractivity contribution in [1.82, 2.24) is 14.8 Å². The third-order valence-corrected chi connectivity index (χ3v) is 6.34. The number of aryl methyl sites for hydroxylation is 1. The molecule has 1 spiro atoms. The highest BCUT2D eigenvalue weighted by molar-refractivity contribution is 9.10. The summed E-state index contributed by atoms with van der Waals surface area (Å²) in [5.41, 5.74) is 2.56. The van der Waals surface area contributed by atoms with E-state index in [2.05, 4.69) is 49.1 Å². The van der Waals surface area contributed by atoms with Crippen LogP contribution in [0.5, 0.6) is 0 Å². The van der Waals surface area contributed by atoms with E-state index in [1.165, 1.54) is 11.1 Å². The molecule has 0 radical (unpaired) electrons. The number of fused-ring (bicyclic) bond motifs is 2. The summed E-state index contributed by atoms with van der Waals surface area (Å²) in [5.74, 6) is 0.960. The van der Waals surface area contributed by atoms with Crippen LogP contribution in [-0.2, 0) is 5.41 Å². The molecule has 2 aliphatic rings. The Labute approximate surface area is 143 Å². The van der Waals surface area contributed by atoms with Gasteiger partial charge in [-0.1, -0.05) is 11.6 Å². The zero-order valence-electron chi connectivity index (χ0n) is 12.4. The molecule has 0 amide bonds. The minimum Gasteiger partial charge on any atom is -0.369 e. The van der Waals surface area contributed by atoms with Gasteiger partial charge in [-0.25, -0.2) is 4.98 Å². The Bertz CT molecular complexity index is 719. The van der Waals surface area contributed by atoms with Gasteiger partial charge in [-0.2, -0.15) is 5.10 Å². The Morgan fingerprint density at radius 3 is 2.82 bits per heavy atom. The van der Waals surface area contributed by atoms with Gasteiger partial charge in [-0.3, -0.25) is 4.68 Å². The molecule has 1 fully saturated rings. The van der Waals surface area contributed by atoms with Gasteiger partial charge < -0.3 is 5.32 Å². The van der Waals surface area contributed by atoms with E-state index in [4.69, 9.17) is 11.6 Å². The number of aromatic nitrogens is 3. The lowest BCUT2D eigenvalue weighted by atomic mass is 9.69. The molecule has 1 aliphatic heterocycles. The Balaban J connectivity index is 1.61. The number of nitrogens with one attached hydrogen (secondary N) is 1. The smallest absolute Gasteiger partial charge is 0.131 e. The number of anilines is 1. The third-order valence-electron chi connectivity index (χ3n) is 5.11. The maximum absolute atomic E-state index is 6.57. The van der Waals surface area contributed by atoms with Crippen LogP contribution in [0, 0.1) is 6.92 Å². The quantitative estimate of drug-likeness (QED) is 0.792.